The molecule has 0 N–H and O–H groups in total. The number of ketones is 1. The van der Waals surface area contributed by atoms with Gasteiger partial charge in [0.15, 0.2) is 5.78 Å². The van der Waals surface area contributed by atoms with E-state index in [4.69, 9.17) is 0 Å². The molecule has 0 aliphatic heterocycles. The van der Waals surface area contributed by atoms with Crippen LogP contribution >= 0.6 is 0 Å². The summed E-state index contributed by atoms with van der Waals surface area (Å²) in [5.41, 5.74) is 2.54. The Hall–Kier alpha value is -1.93. The summed E-state index contributed by atoms with van der Waals surface area (Å²) < 4.78 is 0.634. The third-order valence-electron chi connectivity index (χ3n) is 2.91. The first-order valence-corrected chi connectivity index (χ1v) is 6.01. The van der Waals surface area contributed by atoms with E-state index in [9.17, 15) is 4.79 Å². The predicted molar refractivity (Wildman–Crippen MR) is 75.9 cm³/mol. The zero-order valence-corrected chi connectivity index (χ0v) is 11.1. The van der Waals surface area contributed by atoms with E-state index in [1.54, 1.807) is 0 Å². The first-order valence-electron chi connectivity index (χ1n) is 6.01. The first-order chi connectivity index (χ1) is 8.50. The zero-order chi connectivity index (χ0) is 13.2. The second-order valence-electron chi connectivity index (χ2n) is 5.22. The minimum absolute atomic E-state index is 0.0826. The third-order valence-corrected chi connectivity index (χ3v) is 2.91. The Morgan fingerprint density at radius 2 is 1.39 bits per heavy atom. The molecular formula is C16H18NO+. The topological polar surface area (TPSA) is 17.1 Å². The van der Waals surface area contributed by atoms with E-state index in [0.717, 1.165) is 16.8 Å². The molecule has 2 aromatic carbocycles. The van der Waals surface area contributed by atoms with Crippen LogP contribution in [0.1, 0.15) is 15.9 Å². The van der Waals surface area contributed by atoms with Gasteiger partial charge in [0.2, 0.25) is 0 Å². The molecule has 2 nitrogen and oxygen atoms in total. The number of carbonyl (C=O) groups excluding carboxylic acids is 1. The summed E-state index contributed by atoms with van der Waals surface area (Å²) in [4.78, 5) is 12.5. The Balaban J connectivity index is 2.50. The van der Waals surface area contributed by atoms with Crippen LogP contribution in [-0.4, -0.2) is 26.9 Å². The lowest BCUT2D eigenvalue weighted by atomic mass is 10.0. The standard InChI is InChI=1S/C16H18NO/c1-17(2,3)15-12-8-7-11-14(15)16(18)13-9-5-4-6-10-13/h4-12H,1-3H3/q+1. The number of carbonyl (C=O) groups is 1. The van der Waals surface area contributed by atoms with Gasteiger partial charge in [-0.1, -0.05) is 42.5 Å². The smallest absolute Gasteiger partial charge is 0.199 e. The third kappa shape index (κ3) is 2.49. The maximum atomic E-state index is 12.5. The Morgan fingerprint density at radius 3 is 2.00 bits per heavy atom. The van der Waals surface area contributed by atoms with Crippen LogP contribution in [0.15, 0.2) is 54.6 Å². The van der Waals surface area contributed by atoms with Crippen molar-refractivity contribution in [1.82, 2.24) is 4.48 Å². The molecule has 0 aliphatic rings. The quantitative estimate of drug-likeness (QED) is 0.595. The number of nitrogens with zero attached hydrogens (tertiary/aromatic N) is 1. The normalized spacial score (nSPS) is 11.3. The van der Waals surface area contributed by atoms with Crippen LogP contribution in [0.4, 0.5) is 5.69 Å². The summed E-state index contributed by atoms with van der Waals surface area (Å²) >= 11 is 0. The molecule has 0 unspecified atom stereocenters. The highest BCUT2D eigenvalue weighted by Crippen LogP contribution is 2.24. The molecule has 0 aliphatic carbocycles. The van der Waals surface area contributed by atoms with Gasteiger partial charge in [-0.2, -0.15) is 0 Å². The van der Waals surface area contributed by atoms with Crippen LogP contribution in [-0.2, 0) is 0 Å². The second-order valence-corrected chi connectivity index (χ2v) is 5.22. The first kappa shape index (κ1) is 12.5. The minimum Gasteiger partial charge on any atom is -0.298 e. The highest BCUT2D eigenvalue weighted by Gasteiger charge is 2.22. The molecule has 18 heavy (non-hydrogen) atoms. The monoisotopic (exact) mass is 240 g/mol. The van der Waals surface area contributed by atoms with E-state index < -0.39 is 0 Å². The van der Waals surface area contributed by atoms with Crippen molar-refractivity contribution in [3.05, 3.63) is 65.7 Å². The fourth-order valence-electron chi connectivity index (χ4n) is 2.00. The lowest BCUT2D eigenvalue weighted by molar-refractivity contribution is 0.103. The molecule has 0 saturated carbocycles. The van der Waals surface area contributed by atoms with Crippen LogP contribution in [0.3, 0.4) is 0 Å². The predicted octanol–water partition coefficient (Wildman–Crippen LogP) is 3.11. The maximum Gasteiger partial charge on any atom is 0.199 e. The molecule has 0 saturated heterocycles. The van der Waals surface area contributed by atoms with Gasteiger partial charge in [0.1, 0.15) is 5.69 Å². The molecule has 2 rings (SSSR count). The van der Waals surface area contributed by atoms with Gasteiger partial charge in [0, 0.05) is 5.56 Å². The summed E-state index contributed by atoms with van der Waals surface area (Å²) in [5, 5.41) is 0. The Kier molecular flexibility index (Phi) is 3.30. The average Bonchev–Trinajstić information content (AvgIpc) is 2.38. The average molecular weight is 240 g/mol. The fourth-order valence-corrected chi connectivity index (χ4v) is 2.00. The fraction of sp³-hybridized carbons (Fsp3) is 0.188. The molecular weight excluding hydrogens is 222 g/mol. The van der Waals surface area contributed by atoms with Crippen molar-refractivity contribution in [3.63, 3.8) is 0 Å². The van der Waals surface area contributed by atoms with Crippen LogP contribution in [0.5, 0.6) is 0 Å². The lowest BCUT2D eigenvalue weighted by Crippen LogP contribution is -2.36. The summed E-state index contributed by atoms with van der Waals surface area (Å²) in [7, 11) is 6.20. The number of rotatable bonds is 3. The molecule has 0 fully saturated rings. The van der Waals surface area contributed by atoms with Crippen molar-refractivity contribution in [2.45, 2.75) is 0 Å². The number of quaternary nitrogens is 1. The Morgan fingerprint density at radius 1 is 0.833 bits per heavy atom. The molecule has 0 bridgehead atoms. The number of para-hydroxylation sites is 1. The molecule has 0 aromatic heterocycles. The number of hydrogen-bond donors (Lipinski definition) is 0. The van der Waals surface area contributed by atoms with Crippen LogP contribution < -0.4 is 4.48 Å². The van der Waals surface area contributed by atoms with Crippen molar-refractivity contribution in [1.29, 1.82) is 0 Å². The minimum atomic E-state index is 0.0826. The molecule has 2 aromatic rings. The van der Waals surface area contributed by atoms with Crippen molar-refractivity contribution in [3.8, 4) is 0 Å². The molecule has 2 heteroatoms. The number of benzene rings is 2. The SMILES string of the molecule is C[N+](C)(C)c1ccccc1C(=O)c1ccccc1. The van der Waals surface area contributed by atoms with E-state index in [2.05, 4.69) is 21.1 Å². The van der Waals surface area contributed by atoms with Gasteiger partial charge >= 0.3 is 0 Å². The van der Waals surface area contributed by atoms with Gasteiger partial charge in [-0.15, -0.1) is 0 Å². The van der Waals surface area contributed by atoms with Crippen molar-refractivity contribution in [2.75, 3.05) is 21.1 Å². The molecule has 0 spiro atoms. The van der Waals surface area contributed by atoms with Crippen LogP contribution in [0, 0.1) is 0 Å². The van der Waals surface area contributed by atoms with Crippen molar-refractivity contribution >= 4 is 11.5 Å². The van der Waals surface area contributed by atoms with E-state index in [1.165, 1.54) is 0 Å². The summed E-state index contributed by atoms with van der Waals surface area (Å²) in [5.74, 6) is 0.0826. The van der Waals surface area contributed by atoms with Gasteiger partial charge in [-0.05, 0) is 12.1 Å². The van der Waals surface area contributed by atoms with Gasteiger partial charge in [0.05, 0.1) is 26.7 Å². The van der Waals surface area contributed by atoms with Gasteiger partial charge in [-0.25, -0.2) is 0 Å². The molecule has 0 radical (unpaired) electrons. The van der Waals surface area contributed by atoms with Gasteiger partial charge in [0.25, 0.3) is 0 Å². The molecule has 92 valence electrons. The maximum absolute atomic E-state index is 12.5. The molecule has 0 heterocycles. The van der Waals surface area contributed by atoms with Crippen molar-refractivity contribution < 1.29 is 4.79 Å². The van der Waals surface area contributed by atoms with E-state index in [0.29, 0.717) is 4.48 Å². The molecule has 0 amide bonds. The van der Waals surface area contributed by atoms with E-state index in [-0.39, 0.29) is 5.78 Å². The highest BCUT2D eigenvalue weighted by atomic mass is 16.1. The van der Waals surface area contributed by atoms with Gasteiger partial charge < -0.3 is 0 Å². The Labute approximate surface area is 108 Å². The van der Waals surface area contributed by atoms with Crippen LogP contribution in [0.2, 0.25) is 0 Å². The second kappa shape index (κ2) is 4.75. The lowest BCUT2D eigenvalue weighted by Gasteiger charge is -2.25. The zero-order valence-electron chi connectivity index (χ0n) is 11.1. The highest BCUT2D eigenvalue weighted by molar-refractivity contribution is 6.12. The Bertz CT molecular complexity index is 553. The van der Waals surface area contributed by atoms with Gasteiger partial charge in [-0.3, -0.25) is 9.28 Å². The van der Waals surface area contributed by atoms with Crippen molar-refractivity contribution in [2.24, 2.45) is 0 Å². The molecule has 0 atom stereocenters. The van der Waals surface area contributed by atoms with E-state index in [1.807, 2.05) is 54.6 Å². The number of hydrogen-bond acceptors (Lipinski definition) is 1. The summed E-state index contributed by atoms with van der Waals surface area (Å²) in [6, 6.07) is 17.2. The van der Waals surface area contributed by atoms with E-state index >= 15 is 0 Å². The van der Waals surface area contributed by atoms with Crippen LogP contribution in [0.25, 0.3) is 0 Å². The largest absolute Gasteiger partial charge is 0.298 e. The summed E-state index contributed by atoms with van der Waals surface area (Å²) in [6.07, 6.45) is 0. The summed E-state index contributed by atoms with van der Waals surface area (Å²) in [6.45, 7) is 0.